The molecule has 2 N–H and O–H groups in total. The molecule has 5 heteroatoms. The topological polar surface area (TPSA) is 53.1 Å². The summed E-state index contributed by atoms with van der Waals surface area (Å²) < 4.78 is 20.3. The molecular weight excluding hydrogens is 245 g/mol. The van der Waals surface area contributed by atoms with E-state index in [1.54, 1.807) is 10.7 Å². The highest BCUT2D eigenvalue weighted by Gasteiger charge is 2.14. The number of aryl methyl sites for hydroxylation is 2. The van der Waals surface area contributed by atoms with E-state index >= 15 is 0 Å². The average molecular weight is 263 g/mol. The van der Waals surface area contributed by atoms with Crippen LogP contribution >= 0.6 is 0 Å². The molecule has 0 amide bonds. The van der Waals surface area contributed by atoms with E-state index in [0.29, 0.717) is 11.4 Å². The molecule has 0 atom stereocenters. The largest absolute Gasteiger partial charge is 0.494 e. The van der Waals surface area contributed by atoms with Crippen molar-refractivity contribution in [2.24, 2.45) is 0 Å². The zero-order chi connectivity index (χ0) is 14.0. The van der Waals surface area contributed by atoms with Gasteiger partial charge in [0.2, 0.25) is 0 Å². The van der Waals surface area contributed by atoms with Gasteiger partial charge in [-0.15, -0.1) is 0 Å². The number of anilines is 1. The third-order valence-electron chi connectivity index (χ3n) is 3.09. The average Bonchev–Trinajstić information content (AvgIpc) is 2.82. The standard InChI is InChI=1S/C14H18FN3O/c1-4-9-6-10(5-2)18(17-9)13-8-14(19-3)11(15)7-12(13)16/h6-8H,4-5,16H2,1-3H3. The Morgan fingerprint density at radius 1 is 1.26 bits per heavy atom. The summed E-state index contributed by atoms with van der Waals surface area (Å²) in [4.78, 5) is 0. The van der Waals surface area contributed by atoms with Gasteiger partial charge in [-0.25, -0.2) is 9.07 Å². The van der Waals surface area contributed by atoms with E-state index in [1.165, 1.54) is 13.2 Å². The van der Waals surface area contributed by atoms with Crippen molar-refractivity contribution in [2.45, 2.75) is 26.7 Å². The summed E-state index contributed by atoms with van der Waals surface area (Å²) in [5.74, 6) is -0.301. The number of nitrogens with zero attached hydrogens (tertiary/aromatic N) is 2. The van der Waals surface area contributed by atoms with Crippen molar-refractivity contribution in [2.75, 3.05) is 12.8 Å². The molecule has 102 valence electrons. The minimum absolute atomic E-state index is 0.166. The summed E-state index contributed by atoms with van der Waals surface area (Å²) in [7, 11) is 1.43. The van der Waals surface area contributed by atoms with Gasteiger partial charge in [-0.05, 0) is 18.9 Å². The van der Waals surface area contributed by atoms with Gasteiger partial charge in [0, 0.05) is 17.8 Å². The van der Waals surface area contributed by atoms with Crippen LogP contribution < -0.4 is 10.5 Å². The van der Waals surface area contributed by atoms with Crippen LogP contribution in [0.15, 0.2) is 18.2 Å². The number of halogens is 1. The molecular formula is C14H18FN3O. The summed E-state index contributed by atoms with van der Waals surface area (Å²) >= 11 is 0. The van der Waals surface area contributed by atoms with Gasteiger partial charge >= 0.3 is 0 Å². The number of hydrogen-bond donors (Lipinski definition) is 1. The van der Waals surface area contributed by atoms with Gasteiger partial charge in [-0.2, -0.15) is 5.10 Å². The fourth-order valence-corrected chi connectivity index (χ4v) is 2.01. The molecule has 0 aliphatic heterocycles. The number of nitrogens with two attached hydrogens (primary N) is 1. The molecule has 0 unspecified atom stereocenters. The Labute approximate surface area is 112 Å². The Morgan fingerprint density at radius 3 is 2.58 bits per heavy atom. The van der Waals surface area contributed by atoms with Crippen LogP contribution in [0.25, 0.3) is 5.69 Å². The second kappa shape index (κ2) is 5.30. The quantitative estimate of drug-likeness (QED) is 0.863. The van der Waals surface area contributed by atoms with E-state index < -0.39 is 5.82 Å². The van der Waals surface area contributed by atoms with Crippen LogP contribution in [0.1, 0.15) is 25.2 Å². The van der Waals surface area contributed by atoms with Crippen LogP contribution in [0.3, 0.4) is 0 Å². The van der Waals surface area contributed by atoms with Gasteiger partial charge in [0.25, 0.3) is 0 Å². The molecule has 19 heavy (non-hydrogen) atoms. The zero-order valence-electron chi connectivity index (χ0n) is 11.4. The van der Waals surface area contributed by atoms with Crippen LogP contribution in [0.2, 0.25) is 0 Å². The summed E-state index contributed by atoms with van der Waals surface area (Å²) in [5, 5.41) is 4.49. The lowest BCUT2D eigenvalue weighted by molar-refractivity contribution is 0.386. The monoisotopic (exact) mass is 263 g/mol. The molecule has 1 aromatic heterocycles. The van der Waals surface area contributed by atoms with Crippen LogP contribution in [0.4, 0.5) is 10.1 Å². The molecule has 0 saturated carbocycles. The number of hydrogen-bond acceptors (Lipinski definition) is 3. The molecule has 1 aromatic carbocycles. The van der Waals surface area contributed by atoms with Crippen molar-refractivity contribution in [3.63, 3.8) is 0 Å². The summed E-state index contributed by atoms with van der Waals surface area (Å²) in [5.41, 5.74) is 8.91. The first-order chi connectivity index (χ1) is 9.10. The number of ether oxygens (including phenoxy) is 1. The third kappa shape index (κ3) is 2.41. The lowest BCUT2D eigenvalue weighted by atomic mass is 10.2. The van der Waals surface area contributed by atoms with Crippen molar-refractivity contribution in [1.82, 2.24) is 9.78 Å². The van der Waals surface area contributed by atoms with E-state index in [0.717, 1.165) is 24.2 Å². The fourth-order valence-electron chi connectivity index (χ4n) is 2.01. The smallest absolute Gasteiger partial charge is 0.167 e. The molecule has 0 radical (unpaired) electrons. The Balaban J connectivity index is 2.60. The number of aromatic nitrogens is 2. The second-order valence-corrected chi connectivity index (χ2v) is 4.29. The second-order valence-electron chi connectivity index (χ2n) is 4.29. The minimum Gasteiger partial charge on any atom is -0.494 e. The number of benzene rings is 1. The van der Waals surface area contributed by atoms with E-state index in [9.17, 15) is 4.39 Å². The van der Waals surface area contributed by atoms with Crippen molar-refractivity contribution in [3.05, 3.63) is 35.4 Å². The highest BCUT2D eigenvalue weighted by Crippen LogP contribution is 2.28. The molecule has 4 nitrogen and oxygen atoms in total. The Morgan fingerprint density at radius 2 is 2.00 bits per heavy atom. The lowest BCUT2D eigenvalue weighted by Gasteiger charge is -2.11. The van der Waals surface area contributed by atoms with E-state index in [1.807, 2.05) is 19.9 Å². The molecule has 1 heterocycles. The SMILES string of the molecule is CCc1cc(CC)n(-c2cc(OC)c(F)cc2N)n1. The van der Waals surface area contributed by atoms with E-state index in [4.69, 9.17) is 10.5 Å². The van der Waals surface area contributed by atoms with Gasteiger partial charge in [-0.3, -0.25) is 0 Å². The van der Waals surface area contributed by atoms with Crippen molar-refractivity contribution >= 4 is 5.69 Å². The highest BCUT2D eigenvalue weighted by atomic mass is 19.1. The van der Waals surface area contributed by atoms with Crippen LogP contribution in [0, 0.1) is 5.82 Å². The van der Waals surface area contributed by atoms with Crippen LogP contribution in [0.5, 0.6) is 5.75 Å². The summed E-state index contributed by atoms with van der Waals surface area (Å²) in [6.07, 6.45) is 1.67. The Kier molecular flexibility index (Phi) is 3.74. The molecule has 0 bridgehead atoms. The van der Waals surface area contributed by atoms with E-state index in [2.05, 4.69) is 5.10 Å². The van der Waals surface area contributed by atoms with Crippen molar-refractivity contribution in [1.29, 1.82) is 0 Å². The number of rotatable bonds is 4. The molecule has 0 aliphatic carbocycles. The summed E-state index contributed by atoms with van der Waals surface area (Å²) in [6, 6.07) is 4.88. The fraction of sp³-hybridized carbons (Fsp3) is 0.357. The number of nitrogen functional groups attached to an aromatic ring is 1. The maximum Gasteiger partial charge on any atom is 0.167 e. The molecule has 2 aromatic rings. The van der Waals surface area contributed by atoms with Crippen LogP contribution in [-0.4, -0.2) is 16.9 Å². The van der Waals surface area contributed by atoms with Gasteiger partial charge in [-0.1, -0.05) is 13.8 Å². The molecule has 0 fully saturated rings. The predicted molar refractivity (Wildman–Crippen MR) is 73.2 cm³/mol. The lowest BCUT2D eigenvalue weighted by Crippen LogP contribution is -2.06. The first-order valence-electron chi connectivity index (χ1n) is 6.31. The summed E-state index contributed by atoms with van der Waals surface area (Å²) in [6.45, 7) is 4.09. The van der Waals surface area contributed by atoms with Gasteiger partial charge < -0.3 is 10.5 Å². The van der Waals surface area contributed by atoms with E-state index in [-0.39, 0.29) is 5.75 Å². The highest BCUT2D eigenvalue weighted by molar-refractivity contribution is 5.61. The molecule has 0 spiro atoms. The van der Waals surface area contributed by atoms with Crippen molar-refractivity contribution < 1.29 is 9.13 Å². The van der Waals surface area contributed by atoms with Crippen LogP contribution in [-0.2, 0) is 12.8 Å². The maximum absolute atomic E-state index is 13.6. The first-order valence-corrected chi connectivity index (χ1v) is 6.31. The third-order valence-corrected chi connectivity index (χ3v) is 3.09. The molecule has 0 aliphatic rings. The normalized spacial score (nSPS) is 10.7. The first kappa shape index (κ1) is 13.4. The maximum atomic E-state index is 13.6. The number of methoxy groups -OCH3 is 1. The van der Waals surface area contributed by atoms with Gasteiger partial charge in [0.15, 0.2) is 11.6 Å². The Bertz CT molecular complexity index is 593. The zero-order valence-corrected chi connectivity index (χ0v) is 11.4. The molecule has 2 rings (SSSR count). The predicted octanol–water partition coefficient (Wildman–Crippen LogP) is 2.73. The minimum atomic E-state index is -0.468. The van der Waals surface area contributed by atoms with Gasteiger partial charge in [0.05, 0.1) is 24.2 Å². The molecule has 0 saturated heterocycles. The Hall–Kier alpha value is -2.04. The van der Waals surface area contributed by atoms with Gasteiger partial charge in [0.1, 0.15) is 0 Å². The van der Waals surface area contributed by atoms with Crippen molar-refractivity contribution in [3.8, 4) is 11.4 Å².